The van der Waals surface area contributed by atoms with Gasteiger partial charge in [-0.1, -0.05) is 24.3 Å². The zero-order chi connectivity index (χ0) is 18.9. The Morgan fingerprint density at radius 3 is 2.70 bits per heavy atom. The highest BCUT2D eigenvalue weighted by Crippen LogP contribution is 2.39. The fraction of sp³-hybridized carbons (Fsp3) is 0.409. The molecule has 0 spiro atoms. The van der Waals surface area contributed by atoms with E-state index >= 15 is 0 Å². The van der Waals surface area contributed by atoms with E-state index in [0.29, 0.717) is 26.1 Å². The van der Waals surface area contributed by atoms with Gasteiger partial charge in [-0.05, 0) is 44.0 Å². The Morgan fingerprint density at radius 1 is 1.07 bits per heavy atom. The largest absolute Gasteiger partial charge is 0.487 e. The summed E-state index contributed by atoms with van der Waals surface area (Å²) in [5.74, 6) is 2.43. The summed E-state index contributed by atoms with van der Waals surface area (Å²) in [7, 11) is 0. The van der Waals surface area contributed by atoms with Gasteiger partial charge >= 0.3 is 0 Å². The molecule has 1 atom stereocenters. The predicted molar refractivity (Wildman–Crippen MR) is 102 cm³/mol. The molecule has 2 aliphatic heterocycles. The number of fused-ring (bicyclic) bond motifs is 2. The number of hydrogen-bond donors (Lipinski definition) is 1. The second-order valence-corrected chi connectivity index (χ2v) is 7.70. The molecule has 1 amide bonds. The number of rotatable bonds is 4. The van der Waals surface area contributed by atoms with E-state index in [-0.39, 0.29) is 17.6 Å². The van der Waals surface area contributed by atoms with E-state index in [0.717, 1.165) is 34.8 Å². The van der Waals surface area contributed by atoms with Gasteiger partial charge in [0, 0.05) is 18.4 Å². The van der Waals surface area contributed by atoms with Crippen LogP contribution in [0.3, 0.4) is 0 Å². The highest BCUT2D eigenvalue weighted by atomic mass is 16.6. The Balaban J connectivity index is 1.40. The molecule has 0 aliphatic carbocycles. The van der Waals surface area contributed by atoms with Crippen molar-refractivity contribution >= 4 is 5.91 Å². The molecule has 142 valence electrons. The molecule has 0 saturated heterocycles. The standard InChI is InChI=1S/C22H25NO4/c1-22(2)14-17(16-5-3-4-6-18(16)27-22)23-21(24)10-8-15-7-9-19-20(13-15)26-12-11-25-19/h3-7,9,13,17H,8,10-12,14H2,1-2H3,(H,23,24)/t17-/m0/s1. The van der Waals surface area contributed by atoms with Crippen molar-refractivity contribution in [3.63, 3.8) is 0 Å². The fourth-order valence-electron chi connectivity index (χ4n) is 3.70. The van der Waals surface area contributed by atoms with Gasteiger partial charge in [0.2, 0.25) is 5.91 Å². The van der Waals surface area contributed by atoms with Gasteiger partial charge in [0.25, 0.3) is 0 Å². The van der Waals surface area contributed by atoms with Crippen LogP contribution in [0.2, 0.25) is 0 Å². The Labute approximate surface area is 159 Å². The van der Waals surface area contributed by atoms with Crippen LogP contribution < -0.4 is 19.5 Å². The van der Waals surface area contributed by atoms with Crippen LogP contribution in [-0.4, -0.2) is 24.7 Å². The predicted octanol–water partition coefficient (Wildman–Crippen LogP) is 3.81. The number of amides is 1. The van der Waals surface area contributed by atoms with Crippen LogP contribution in [0.1, 0.15) is 43.9 Å². The Morgan fingerprint density at radius 2 is 1.85 bits per heavy atom. The maximum absolute atomic E-state index is 12.6. The van der Waals surface area contributed by atoms with E-state index < -0.39 is 0 Å². The summed E-state index contributed by atoms with van der Waals surface area (Å²) in [4.78, 5) is 12.6. The molecule has 5 heteroatoms. The van der Waals surface area contributed by atoms with Crippen molar-refractivity contribution in [1.82, 2.24) is 5.32 Å². The number of benzene rings is 2. The zero-order valence-corrected chi connectivity index (χ0v) is 15.8. The average molecular weight is 367 g/mol. The van der Waals surface area contributed by atoms with Crippen molar-refractivity contribution < 1.29 is 19.0 Å². The summed E-state index contributed by atoms with van der Waals surface area (Å²) >= 11 is 0. The lowest BCUT2D eigenvalue weighted by Gasteiger charge is -2.37. The Hall–Kier alpha value is -2.69. The minimum absolute atomic E-state index is 0.0299. The number of aryl methyl sites for hydroxylation is 1. The summed E-state index contributed by atoms with van der Waals surface area (Å²) < 4.78 is 17.2. The van der Waals surface area contributed by atoms with E-state index in [1.54, 1.807) is 0 Å². The lowest BCUT2D eigenvalue weighted by atomic mass is 9.89. The van der Waals surface area contributed by atoms with Gasteiger partial charge in [-0.3, -0.25) is 4.79 Å². The van der Waals surface area contributed by atoms with Gasteiger partial charge in [-0.15, -0.1) is 0 Å². The first-order valence-corrected chi connectivity index (χ1v) is 9.46. The minimum Gasteiger partial charge on any atom is -0.487 e. The van der Waals surface area contributed by atoms with Crippen LogP contribution in [0, 0.1) is 0 Å². The van der Waals surface area contributed by atoms with Crippen LogP contribution in [0.5, 0.6) is 17.2 Å². The number of carbonyl (C=O) groups is 1. The summed E-state index contributed by atoms with van der Waals surface area (Å²) in [5, 5.41) is 3.19. The van der Waals surface area contributed by atoms with Crippen molar-refractivity contribution in [3.8, 4) is 17.2 Å². The van der Waals surface area contributed by atoms with Gasteiger partial charge in [-0.25, -0.2) is 0 Å². The van der Waals surface area contributed by atoms with Crippen LogP contribution in [0.4, 0.5) is 0 Å². The summed E-state index contributed by atoms with van der Waals surface area (Å²) in [6, 6.07) is 13.8. The van der Waals surface area contributed by atoms with Crippen molar-refractivity contribution in [2.75, 3.05) is 13.2 Å². The molecule has 27 heavy (non-hydrogen) atoms. The molecular formula is C22H25NO4. The topological polar surface area (TPSA) is 56.8 Å². The second-order valence-electron chi connectivity index (χ2n) is 7.70. The molecule has 4 rings (SSSR count). The van der Waals surface area contributed by atoms with Crippen LogP contribution >= 0.6 is 0 Å². The van der Waals surface area contributed by atoms with Crippen molar-refractivity contribution in [1.29, 1.82) is 0 Å². The van der Waals surface area contributed by atoms with E-state index in [2.05, 4.69) is 19.2 Å². The van der Waals surface area contributed by atoms with E-state index in [1.165, 1.54) is 0 Å². The first-order chi connectivity index (χ1) is 13.0. The molecule has 2 aromatic carbocycles. The molecule has 1 N–H and O–H groups in total. The third kappa shape index (κ3) is 4.02. The third-order valence-electron chi connectivity index (χ3n) is 4.96. The minimum atomic E-state index is -0.303. The molecule has 0 aromatic heterocycles. The summed E-state index contributed by atoms with van der Waals surface area (Å²) in [6.07, 6.45) is 1.84. The van der Waals surface area contributed by atoms with Gasteiger partial charge in [-0.2, -0.15) is 0 Å². The quantitative estimate of drug-likeness (QED) is 0.893. The fourth-order valence-corrected chi connectivity index (χ4v) is 3.70. The zero-order valence-electron chi connectivity index (χ0n) is 15.8. The SMILES string of the molecule is CC1(C)C[C@H](NC(=O)CCc2ccc3c(c2)OCCO3)c2ccccc2O1. The van der Waals surface area contributed by atoms with Crippen molar-refractivity contribution in [2.45, 2.75) is 44.8 Å². The lowest BCUT2D eigenvalue weighted by Crippen LogP contribution is -2.41. The Bertz CT molecular complexity index is 846. The van der Waals surface area contributed by atoms with Crippen molar-refractivity contribution in [3.05, 3.63) is 53.6 Å². The van der Waals surface area contributed by atoms with Gasteiger partial charge in [0.1, 0.15) is 24.6 Å². The molecule has 0 radical (unpaired) electrons. The lowest BCUT2D eigenvalue weighted by molar-refractivity contribution is -0.122. The maximum atomic E-state index is 12.6. The number of para-hydroxylation sites is 1. The highest BCUT2D eigenvalue weighted by Gasteiger charge is 2.34. The van der Waals surface area contributed by atoms with Gasteiger partial charge in [0.05, 0.1) is 6.04 Å². The molecule has 2 aromatic rings. The van der Waals surface area contributed by atoms with E-state index in [1.807, 2.05) is 42.5 Å². The third-order valence-corrected chi connectivity index (χ3v) is 4.96. The number of carbonyl (C=O) groups excluding carboxylic acids is 1. The molecular weight excluding hydrogens is 342 g/mol. The second kappa shape index (κ2) is 7.14. The molecule has 0 unspecified atom stereocenters. The summed E-state index contributed by atoms with van der Waals surface area (Å²) in [6.45, 7) is 5.25. The average Bonchev–Trinajstić information content (AvgIpc) is 2.65. The molecule has 0 saturated carbocycles. The summed E-state index contributed by atoms with van der Waals surface area (Å²) in [5.41, 5.74) is 1.81. The first-order valence-electron chi connectivity index (χ1n) is 9.46. The number of nitrogens with one attached hydrogen (secondary N) is 1. The monoisotopic (exact) mass is 367 g/mol. The van der Waals surface area contributed by atoms with E-state index in [4.69, 9.17) is 14.2 Å². The Kier molecular flexibility index (Phi) is 4.68. The molecule has 2 heterocycles. The maximum Gasteiger partial charge on any atom is 0.220 e. The first kappa shape index (κ1) is 17.7. The normalized spacial score (nSPS) is 19.6. The molecule has 5 nitrogen and oxygen atoms in total. The highest BCUT2D eigenvalue weighted by molar-refractivity contribution is 5.77. The number of hydrogen-bond acceptors (Lipinski definition) is 4. The van der Waals surface area contributed by atoms with Crippen LogP contribution in [0.15, 0.2) is 42.5 Å². The molecule has 0 bridgehead atoms. The smallest absolute Gasteiger partial charge is 0.220 e. The van der Waals surface area contributed by atoms with Crippen molar-refractivity contribution in [2.24, 2.45) is 0 Å². The van der Waals surface area contributed by atoms with Crippen LogP contribution in [0.25, 0.3) is 0 Å². The van der Waals surface area contributed by atoms with Gasteiger partial charge < -0.3 is 19.5 Å². The molecule has 2 aliphatic rings. The van der Waals surface area contributed by atoms with E-state index in [9.17, 15) is 4.79 Å². The number of ether oxygens (including phenoxy) is 3. The van der Waals surface area contributed by atoms with Gasteiger partial charge in [0.15, 0.2) is 11.5 Å². The van der Waals surface area contributed by atoms with Crippen LogP contribution in [-0.2, 0) is 11.2 Å². The molecule has 0 fully saturated rings.